The minimum Gasteiger partial charge on any atom is -0.452 e. The first-order chi connectivity index (χ1) is 30.7. The molecular weight excluding hydrogens is 761 g/mol. The maximum absolute atomic E-state index is 6.47. The number of aromatic nitrogens is 6. The van der Waals surface area contributed by atoms with Crippen molar-refractivity contribution in [2.75, 3.05) is 0 Å². The molecule has 12 aromatic rings. The first-order valence-electron chi connectivity index (χ1n) is 20.6. The van der Waals surface area contributed by atoms with Gasteiger partial charge in [0.2, 0.25) is 0 Å². The minimum absolute atomic E-state index is 0.534. The van der Waals surface area contributed by atoms with E-state index in [0.29, 0.717) is 28.9 Å². The fourth-order valence-electron chi connectivity index (χ4n) is 8.63. The lowest BCUT2D eigenvalue weighted by Crippen LogP contribution is -2.02. The molecule has 0 saturated heterocycles. The number of furan rings is 1. The topological polar surface area (TPSA) is 82.5 Å². The van der Waals surface area contributed by atoms with E-state index < -0.39 is 0 Å². The molecule has 4 heterocycles. The summed E-state index contributed by atoms with van der Waals surface area (Å²) in [6.45, 7) is 0. The highest BCUT2D eigenvalue weighted by atomic mass is 16.3. The number of nitrogens with zero attached hydrogens (tertiary/aromatic N) is 6. The molecule has 0 aliphatic rings. The van der Waals surface area contributed by atoms with E-state index in [2.05, 4.69) is 114 Å². The summed E-state index contributed by atoms with van der Waals surface area (Å²) in [5, 5.41) is 3.25. The highest BCUT2D eigenvalue weighted by molar-refractivity contribution is 6.15. The quantitative estimate of drug-likeness (QED) is 0.160. The van der Waals surface area contributed by atoms with Crippen molar-refractivity contribution in [3.63, 3.8) is 0 Å². The molecule has 12 rings (SSSR count). The molecule has 62 heavy (non-hydrogen) atoms. The Morgan fingerprint density at radius 2 is 0.919 bits per heavy atom. The van der Waals surface area contributed by atoms with Crippen molar-refractivity contribution in [3.8, 4) is 73.6 Å². The number of fused-ring (bicyclic) bond motifs is 6. The van der Waals surface area contributed by atoms with Crippen molar-refractivity contribution in [3.05, 3.63) is 206 Å². The normalized spacial score (nSPS) is 11.5. The van der Waals surface area contributed by atoms with E-state index >= 15 is 0 Å². The summed E-state index contributed by atoms with van der Waals surface area (Å²) in [5.41, 5.74) is 12.5. The first kappa shape index (κ1) is 35.4. The van der Waals surface area contributed by atoms with Gasteiger partial charge >= 0.3 is 0 Å². The van der Waals surface area contributed by atoms with Gasteiger partial charge in [-0.3, -0.25) is 0 Å². The van der Waals surface area contributed by atoms with Gasteiger partial charge in [0.05, 0.1) is 11.0 Å². The summed E-state index contributed by atoms with van der Waals surface area (Å²) < 4.78 is 8.83. The van der Waals surface area contributed by atoms with Crippen LogP contribution in [0.3, 0.4) is 0 Å². The van der Waals surface area contributed by atoms with Crippen LogP contribution >= 0.6 is 0 Å². The summed E-state index contributed by atoms with van der Waals surface area (Å²) in [4.78, 5) is 26.2. The Bertz CT molecular complexity index is 3560. The molecule has 7 nitrogen and oxygen atoms in total. The van der Waals surface area contributed by atoms with Crippen LogP contribution < -0.4 is 0 Å². The second-order valence-corrected chi connectivity index (χ2v) is 15.2. The molecule has 7 heteroatoms. The van der Waals surface area contributed by atoms with Crippen molar-refractivity contribution < 1.29 is 4.42 Å². The van der Waals surface area contributed by atoms with Crippen molar-refractivity contribution in [2.45, 2.75) is 0 Å². The number of hydrogen-bond acceptors (Lipinski definition) is 6. The van der Waals surface area contributed by atoms with Crippen molar-refractivity contribution in [1.29, 1.82) is 0 Å². The molecule has 0 N–H and O–H groups in total. The second kappa shape index (κ2) is 14.6. The van der Waals surface area contributed by atoms with Crippen LogP contribution in [0.4, 0.5) is 0 Å². The Kier molecular flexibility index (Phi) is 8.35. The maximum Gasteiger partial charge on any atom is 0.180 e. The molecule has 0 unspecified atom stereocenters. The molecule has 0 saturated carbocycles. The van der Waals surface area contributed by atoms with Crippen LogP contribution in [0.2, 0.25) is 0 Å². The van der Waals surface area contributed by atoms with Gasteiger partial charge in [-0.2, -0.15) is 0 Å². The van der Waals surface area contributed by atoms with Crippen LogP contribution in [-0.4, -0.2) is 29.5 Å². The summed E-state index contributed by atoms with van der Waals surface area (Å²) in [6, 6.07) is 70.5. The van der Waals surface area contributed by atoms with Gasteiger partial charge in [-0.05, 0) is 42.0 Å². The van der Waals surface area contributed by atoms with E-state index in [1.807, 2.05) is 97.1 Å². The van der Waals surface area contributed by atoms with Crippen LogP contribution in [0.1, 0.15) is 0 Å². The molecule has 0 fully saturated rings. The summed E-state index contributed by atoms with van der Waals surface area (Å²) in [6.07, 6.45) is 0. The molecular formula is C55H34N6O. The zero-order chi connectivity index (χ0) is 41.0. The molecule has 0 aliphatic heterocycles. The number of hydrogen-bond donors (Lipinski definition) is 0. The molecule has 4 aromatic heterocycles. The Balaban J connectivity index is 1.17. The van der Waals surface area contributed by atoms with Gasteiger partial charge < -0.3 is 8.98 Å². The molecule has 0 atom stereocenters. The summed E-state index contributed by atoms with van der Waals surface area (Å²) >= 11 is 0. The standard InChI is InChI=1S/C55H34N6O/c1-5-18-35(19-6-1)48-51-49(44-27-14-16-31-47(44)62-51)57-54(56-48)38-32-33-40(42-28-17-29-43-41-26-13-15-30-46(41)61(50(42)43)39-24-11-4-12-25-39)45(34-38)55-59-52(36-20-7-2-8-21-36)58-53(60-55)37-22-9-3-10-23-37/h1-34H. The molecule has 0 bridgehead atoms. The average molecular weight is 795 g/mol. The average Bonchev–Trinajstić information content (AvgIpc) is 3.91. The lowest BCUT2D eigenvalue weighted by Gasteiger charge is -2.16. The maximum atomic E-state index is 6.47. The van der Waals surface area contributed by atoms with Crippen LogP contribution in [0.15, 0.2) is 211 Å². The van der Waals surface area contributed by atoms with Crippen molar-refractivity contribution in [2.24, 2.45) is 0 Å². The number of benzene rings is 8. The SMILES string of the molecule is c1ccc(-c2nc(-c3ccccc3)nc(-c3cc(-c4nc(-c5ccccc5)c5oc6ccccc6c5n4)ccc3-c3cccc4c5ccccc5n(-c5ccccc5)c34)n2)cc1. The lowest BCUT2D eigenvalue weighted by molar-refractivity contribution is 0.667. The van der Waals surface area contributed by atoms with Gasteiger partial charge in [0.15, 0.2) is 28.9 Å². The number of rotatable bonds is 7. The Morgan fingerprint density at radius 3 is 1.63 bits per heavy atom. The van der Waals surface area contributed by atoms with Gasteiger partial charge in [0.25, 0.3) is 0 Å². The van der Waals surface area contributed by atoms with Gasteiger partial charge in [-0.1, -0.05) is 170 Å². The van der Waals surface area contributed by atoms with E-state index in [4.69, 9.17) is 29.3 Å². The van der Waals surface area contributed by atoms with Crippen LogP contribution in [-0.2, 0) is 0 Å². The Labute approximate surface area is 356 Å². The number of para-hydroxylation sites is 4. The van der Waals surface area contributed by atoms with Crippen molar-refractivity contribution in [1.82, 2.24) is 29.5 Å². The third kappa shape index (κ3) is 5.94. The predicted molar refractivity (Wildman–Crippen MR) is 250 cm³/mol. The first-order valence-corrected chi connectivity index (χ1v) is 20.6. The Morgan fingerprint density at radius 1 is 0.355 bits per heavy atom. The third-order valence-corrected chi connectivity index (χ3v) is 11.5. The zero-order valence-corrected chi connectivity index (χ0v) is 33.2. The van der Waals surface area contributed by atoms with Crippen LogP contribution in [0, 0.1) is 0 Å². The molecule has 290 valence electrons. The molecule has 8 aromatic carbocycles. The molecule has 0 aliphatic carbocycles. The summed E-state index contributed by atoms with van der Waals surface area (Å²) in [7, 11) is 0. The van der Waals surface area contributed by atoms with Crippen LogP contribution in [0.25, 0.3) is 117 Å². The van der Waals surface area contributed by atoms with E-state index in [-0.39, 0.29) is 0 Å². The van der Waals surface area contributed by atoms with Gasteiger partial charge in [-0.15, -0.1) is 0 Å². The van der Waals surface area contributed by atoms with Gasteiger partial charge in [0, 0.05) is 55.2 Å². The highest BCUT2D eigenvalue weighted by Gasteiger charge is 2.23. The highest BCUT2D eigenvalue weighted by Crippen LogP contribution is 2.43. The second-order valence-electron chi connectivity index (χ2n) is 15.2. The van der Waals surface area contributed by atoms with Gasteiger partial charge in [0.1, 0.15) is 16.8 Å². The van der Waals surface area contributed by atoms with E-state index in [1.165, 1.54) is 5.39 Å². The molecule has 0 spiro atoms. The zero-order valence-electron chi connectivity index (χ0n) is 33.2. The van der Waals surface area contributed by atoms with E-state index in [9.17, 15) is 0 Å². The van der Waals surface area contributed by atoms with E-state index in [1.54, 1.807) is 0 Å². The molecule has 0 amide bonds. The van der Waals surface area contributed by atoms with Crippen molar-refractivity contribution >= 4 is 43.9 Å². The van der Waals surface area contributed by atoms with E-state index in [0.717, 1.165) is 83.2 Å². The fourth-order valence-corrected chi connectivity index (χ4v) is 8.63. The monoisotopic (exact) mass is 794 g/mol. The predicted octanol–water partition coefficient (Wildman–Crippen LogP) is 13.7. The van der Waals surface area contributed by atoms with Gasteiger partial charge in [-0.25, -0.2) is 24.9 Å². The smallest absolute Gasteiger partial charge is 0.180 e. The third-order valence-electron chi connectivity index (χ3n) is 11.5. The lowest BCUT2D eigenvalue weighted by atomic mass is 9.94. The Hall–Kier alpha value is -8.55. The summed E-state index contributed by atoms with van der Waals surface area (Å²) in [5.74, 6) is 2.26. The minimum atomic E-state index is 0.534. The largest absolute Gasteiger partial charge is 0.452 e. The molecule has 0 radical (unpaired) electrons. The van der Waals surface area contributed by atoms with Crippen LogP contribution in [0.5, 0.6) is 0 Å². The fraction of sp³-hybridized carbons (Fsp3) is 0.